The number of anilines is 2. The van der Waals surface area contributed by atoms with Gasteiger partial charge >= 0.3 is 0 Å². The minimum Gasteiger partial charge on any atom is -0.378 e. The summed E-state index contributed by atoms with van der Waals surface area (Å²) < 4.78 is 11.0. The van der Waals surface area contributed by atoms with Crippen LogP contribution in [0.5, 0.6) is 0 Å². The lowest BCUT2D eigenvalue weighted by molar-refractivity contribution is 0.0973. The second kappa shape index (κ2) is 5.02. The zero-order valence-corrected chi connectivity index (χ0v) is 12.0. The van der Waals surface area contributed by atoms with Gasteiger partial charge in [-0.15, -0.1) is 0 Å². The topological polar surface area (TPSA) is 50.7 Å². The normalized spacial score (nSPS) is 25.6. The van der Waals surface area contributed by atoms with Crippen LogP contribution in [0, 0.1) is 0 Å². The van der Waals surface area contributed by atoms with E-state index in [0.717, 1.165) is 64.1 Å². The summed E-state index contributed by atoms with van der Waals surface area (Å²) in [4.78, 5) is 13.5. The largest absolute Gasteiger partial charge is 0.378 e. The highest BCUT2D eigenvalue weighted by Gasteiger charge is 2.36. The Morgan fingerprint density at radius 2 is 1.75 bits per heavy atom. The molecule has 4 heterocycles. The van der Waals surface area contributed by atoms with E-state index in [9.17, 15) is 0 Å². The van der Waals surface area contributed by atoms with Crippen molar-refractivity contribution in [3.63, 3.8) is 0 Å². The van der Waals surface area contributed by atoms with E-state index in [0.29, 0.717) is 11.3 Å². The van der Waals surface area contributed by atoms with E-state index >= 15 is 0 Å². The molecule has 0 aromatic carbocycles. The molecule has 1 aromatic rings. The van der Waals surface area contributed by atoms with Crippen LogP contribution in [0.3, 0.4) is 0 Å². The fraction of sp³-hybridized carbons (Fsp3) is 0.692. The maximum atomic E-state index is 6.14. The van der Waals surface area contributed by atoms with Crippen molar-refractivity contribution in [3.8, 4) is 0 Å². The van der Waals surface area contributed by atoms with Gasteiger partial charge in [0.05, 0.1) is 32.5 Å². The van der Waals surface area contributed by atoms with E-state index < -0.39 is 0 Å². The highest BCUT2D eigenvalue weighted by Crippen LogP contribution is 2.38. The lowest BCUT2D eigenvalue weighted by atomic mass is 10.1. The minimum absolute atomic E-state index is 0.331. The lowest BCUT2D eigenvalue weighted by Gasteiger charge is -2.31. The Hall–Kier alpha value is -1.11. The summed E-state index contributed by atoms with van der Waals surface area (Å²) in [5.74, 6) is 1.98. The van der Waals surface area contributed by atoms with E-state index in [4.69, 9.17) is 21.1 Å². The number of halogens is 1. The molecule has 2 fully saturated rings. The number of hydrogen-bond acceptors (Lipinski definition) is 6. The van der Waals surface area contributed by atoms with Crippen molar-refractivity contribution in [2.24, 2.45) is 0 Å². The van der Waals surface area contributed by atoms with Crippen LogP contribution in [-0.4, -0.2) is 62.1 Å². The highest BCUT2D eigenvalue weighted by atomic mass is 35.5. The summed E-state index contributed by atoms with van der Waals surface area (Å²) in [5, 5.41) is 0.331. The number of nitrogens with zero attached hydrogens (tertiary/aromatic N) is 4. The standard InChI is InChI=1S/C13H17ClN4O2/c14-13-15-11(17-1-4-19-5-2-17)10-7-9-8-20-6-3-18(9)12(10)16-13/h9H,1-8H2/t9-/m0/s1. The van der Waals surface area contributed by atoms with Gasteiger partial charge in [0, 0.05) is 31.6 Å². The molecule has 108 valence electrons. The Morgan fingerprint density at radius 3 is 2.60 bits per heavy atom. The van der Waals surface area contributed by atoms with Crippen molar-refractivity contribution in [2.45, 2.75) is 12.5 Å². The van der Waals surface area contributed by atoms with Crippen molar-refractivity contribution in [1.82, 2.24) is 9.97 Å². The van der Waals surface area contributed by atoms with Crippen LogP contribution in [0.25, 0.3) is 0 Å². The molecule has 20 heavy (non-hydrogen) atoms. The molecule has 0 amide bonds. The smallest absolute Gasteiger partial charge is 0.226 e. The maximum Gasteiger partial charge on any atom is 0.226 e. The Labute approximate surface area is 122 Å². The third-order valence-corrected chi connectivity index (χ3v) is 4.36. The molecule has 1 atom stereocenters. The van der Waals surface area contributed by atoms with Crippen LogP contribution in [0.4, 0.5) is 11.6 Å². The average molecular weight is 297 g/mol. The van der Waals surface area contributed by atoms with E-state index in [1.165, 1.54) is 5.56 Å². The van der Waals surface area contributed by atoms with Crippen LogP contribution in [0.2, 0.25) is 5.28 Å². The van der Waals surface area contributed by atoms with Crippen LogP contribution in [0.1, 0.15) is 5.56 Å². The quantitative estimate of drug-likeness (QED) is 0.712. The van der Waals surface area contributed by atoms with Gasteiger partial charge < -0.3 is 19.3 Å². The van der Waals surface area contributed by atoms with Crippen LogP contribution in [-0.2, 0) is 15.9 Å². The predicted octanol–water partition coefficient (Wildman–Crippen LogP) is 0.728. The Kier molecular flexibility index (Phi) is 3.17. The van der Waals surface area contributed by atoms with Gasteiger partial charge in [0.15, 0.2) is 0 Å². The molecular weight excluding hydrogens is 280 g/mol. The number of rotatable bonds is 1. The van der Waals surface area contributed by atoms with E-state index in [1.54, 1.807) is 0 Å². The van der Waals surface area contributed by atoms with Crippen molar-refractivity contribution < 1.29 is 9.47 Å². The molecule has 0 N–H and O–H groups in total. The van der Waals surface area contributed by atoms with Gasteiger partial charge in [-0.2, -0.15) is 0 Å². The fourth-order valence-corrected chi connectivity index (χ4v) is 3.39. The molecule has 3 aliphatic rings. The minimum atomic E-state index is 0.331. The second-order valence-corrected chi connectivity index (χ2v) is 5.68. The maximum absolute atomic E-state index is 6.14. The van der Waals surface area contributed by atoms with E-state index in [-0.39, 0.29) is 0 Å². The first-order chi connectivity index (χ1) is 9.83. The molecular formula is C13H17ClN4O2. The fourth-order valence-electron chi connectivity index (χ4n) is 3.23. The van der Waals surface area contributed by atoms with Crippen molar-refractivity contribution in [2.75, 3.05) is 55.9 Å². The number of fused-ring (bicyclic) bond motifs is 3. The first-order valence-corrected chi connectivity index (χ1v) is 7.44. The third-order valence-electron chi connectivity index (χ3n) is 4.19. The SMILES string of the molecule is Clc1nc(N2CCOCC2)c2c(n1)N1CCOC[C@@H]1C2. The molecule has 0 unspecified atom stereocenters. The number of aromatic nitrogens is 2. The predicted molar refractivity (Wildman–Crippen MR) is 75.7 cm³/mol. The molecule has 6 nitrogen and oxygen atoms in total. The number of morpholine rings is 2. The van der Waals surface area contributed by atoms with Crippen LogP contribution in [0.15, 0.2) is 0 Å². The van der Waals surface area contributed by atoms with Gasteiger partial charge in [-0.25, -0.2) is 9.97 Å². The summed E-state index contributed by atoms with van der Waals surface area (Å²) in [7, 11) is 0. The van der Waals surface area contributed by atoms with Gasteiger partial charge in [-0.1, -0.05) is 0 Å². The first kappa shape index (κ1) is 12.6. The highest BCUT2D eigenvalue weighted by molar-refractivity contribution is 6.28. The van der Waals surface area contributed by atoms with Crippen LogP contribution < -0.4 is 9.80 Å². The molecule has 0 radical (unpaired) electrons. The molecule has 4 rings (SSSR count). The van der Waals surface area contributed by atoms with E-state index in [1.807, 2.05) is 0 Å². The van der Waals surface area contributed by atoms with Crippen molar-refractivity contribution in [3.05, 3.63) is 10.8 Å². The van der Waals surface area contributed by atoms with Gasteiger partial charge in [0.25, 0.3) is 0 Å². The first-order valence-electron chi connectivity index (χ1n) is 7.06. The van der Waals surface area contributed by atoms with E-state index in [2.05, 4.69) is 19.8 Å². The summed E-state index contributed by atoms with van der Waals surface area (Å²) in [6.07, 6.45) is 0.944. The van der Waals surface area contributed by atoms with Gasteiger partial charge in [0.1, 0.15) is 11.6 Å². The monoisotopic (exact) mass is 296 g/mol. The Morgan fingerprint density at radius 1 is 1.00 bits per heavy atom. The third kappa shape index (κ3) is 2.03. The molecule has 0 saturated carbocycles. The van der Waals surface area contributed by atoms with Gasteiger partial charge in [-0.3, -0.25) is 0 Å². The van der Waals surface area contributed by atoms with Gasteiger partial charge in [-0.05, 0) is 11.6 Å². The molecule has 2 saturated heterocycles. The summed E-state index contributed by atoms with van der Waals surface area (Å²) >= 11 is 6.14. The van der Waals surface area contributed by atoms with Crippen molar-refractivity contribution >= 4 is 23.2 Å². The summed E-state index contributed by atoms with van der Waals surface area (Å²) in [6.45, 7) is 5.61. The number of ether oxygens (including phenoxy) is 2. The second-order valence-electron chi connectivity index (χ2n) is 5.34. The molecule has 7 heteroatoms. The van der Waals surface area contributed by atoms with Gasteiger partial charge in [0.2, 0.25) is 5.28 Å². The number of hydrogen-bond donors (Lipinski definition) is 0. The van der Waals surface area contributed by atoms with Crippen LogP contribution >= 0.6 is 11.6 Å². The zero-order chi connectivity index (χ0) is 13.5. The molecule has 3 aliphatic heterocycles. The average Bonchev–Trinajstić information content (AvgIpc) is 2.86. The molecule has 0 spiro atoms. The lowest BCUT2D eigenvalue weighted by Crippen LogP contribution is -2.43. The Bertz CT molecular complexity index is 521. The Balaban J connectivity index is 1.74. The van der Waals surface area contributed by atoms with Crippen molar-refractivity contribution in [1.29, 1.82) is 0 Å². The zero-order valence-electron chi connectivity index (χ0n) is 11.2. The molecule has 0 aliphatic carbocycles. The molecule has 0 bridgehead atoms. The summed E-state index contributed by atoms with van der Waals surface area (Å²) in [5.41, 5.74) is 1.21. The summed E-state index contributed by atoms with van der Waals surface area (Å²) in [6, 6.07) is 0.381. The molecule has 1 aromatic heterocycles.